The molecule has 5 unspecified atom stereocenters. The quantitative estimate of drug-likeness (QED) is 0.517. The van der Waals surface area contributed by atoms with Crippen LogP contribution in [0.4, 0.5) is 0 Å². The van der Waals surface area contributed by atoms with Gasteiger partial charge in [0.2, 0.25) is 0 Å². The standard InChI is InChI=1S/C15H24/c1-9-5-6-11-8-12(11)13-7-10(2)15(3,4)14(9)13/h10-14H,1,5-8H2,2-4H3. The number of hydrogen-bond donors (Lipinski definition) is 0. The van der Waals surface area contributed by atoms with Crippen molar-refractivity contribution in [3.05, 3.63) is 12.2 Å². The summed E-state index contributed by atoms with van der Waals surface area (Å²) in [6.45, 7) is 11.8. The summed E-state index contributed by atoms with van der Waals surface area (Å²) in [5, 5.41) is 0. The smallest absolute Gasteiger partial charge is 0.0121 e. The molecule has 3 aliphatic carbocycles. The van der Waals surface area contributed by atoms with E-state index in [0.717, 1.165) is 29.6 Å². The van der Waals surface area contributed by atoms with Gasteiger partial charge in [-0.2, -0.15) is 0 Å². The third kappa shape index (κ3) is 1.26. The molecule has 5 atom stereocenters. The summed E-state index contributed by atoms with van der Waals surface area (Å²) in [5.41, 5.74) is 2.10. The van der Waals surface area contributed by atoms with E-state index in [-0.39, 0.29) is 0 Å². The van der Waals surface area contributed by atoms with Crippen molar-refractivity contribution in [3.8, 4) is 0 Å². The molecular weight excluding hydrogens is 180 g/mol. The van der Waals surface area contributed by atoms with Gasteiger partial charge in [-0.1, -0.05) is 32.9 Å². The molecule has 84 valence electrons. The first-order valence-corrected chi connectivity index (χ1v) is 6.69. The second kappa shape index (κ2) is 2.90. The van der Waals surface area contributed by atoms with Crippen molar-refractivity contribution in [2.24, 2.45) is 35.0 Å². The summed E-state index contributed by atoms with van der Waals surface area (Å²) in [6, 6.07) is 0. The van der Waals surface area contributed by atoms with E-state index in [9.17, 15) is 0 Å². The minimum absolute atomic E-state index is 0.513. The minimum atomic E-state index is 0.513. The van der Waals surface area contributed by atoms with Crippen molar-refractivity contribution in [1.29, 1.82) is 0 Å². The Balaban J connectivity index is 1.96. The first kappa shape index (κ1) is 9.93. The van der Waals surface area contributed by atoms with Gasteiger partial charge >= 0.3 is 0 Å². The minimum Gasteiger partial charge on any atom is -0.0995 e. The second-order valence-electron chi connectivity index (χ2n) is 6.96. The zero-order valence-electron chi connectivity index (χ0n) is 10.4. The van der Waals surface area contributed by atoms with Crippen molar-refractivity contribution < 1.29 is 0 Å². The lowest BCUT2D eigenvalue weighted by molar-refractivity contribution is 0.202. The lowest BCUT2D eigenvalue weighted by Crippen LogP contribution is -2.27. The normalized spacial score (nSPS) is 51.9. The maximum absolute atomic E-state index is 4.40. The van der Waals surface area contributed by atoms with E-state index >= 15 is 0 Å². The fourth-order valence-corrected chi connectivity index (χ4v) is 4.61. The highest BCUT2D eigenvalue weighted by molar-refractivity contribution is 5.18. The molecule has 0 amide bonds. The molecule has 0 heterocycles. The zero-order valence-corrected chi connectivity index (χ0v) is 10.4. The summed E-state index contributed by atoms with van der Waals surface area (Å²) in [5.74, 6) is 4.89. The predicted molar refractivity (Wildman–Crippen MR) is 64.5 cm³/mol. The Morgan fingerprint density at radius 3 is 2.67 bits per heavy atom. The zero-order chi connectivity index (χ0) is 10.8. The third-order valence-electron chi connectivity index (χ3n) is 5.93. The van der Waals surface area contributed by atoms with Crippen LogP contribution in [-0.4, -0.2) is 0 Å². The van der Waals surface area contributed by atoms with Crippen LogP contribution < -0.4 is 0 Å². The monoisotopic (exact) mass is 204 g/mol. The molecule has 0 aliphatic heterocycles. The Labute approximate surface area is 94.1 Å². The Kier molecular flexibility index (Phi) is 1.92. The third-order valence-corrected chi connectivity index (χ3v) is 5.93. The van der Waals surface area contributed by atoms with Gasteiger partial charge in [-0.3, -0.25) is 0 Å². The summed E-state index contributed by atoms with van der Waals surface area (Å²) >= 11 is 0. The predicted octanol–water partition coefficient (Wildman–Crippen LogP) is 4.27. The molecule has 0 aromatic heterocycles. The summed E-state index contributed by atoms with van der Waals surface area (Å²) < 4.78 is 0. The van der Waals surface area contributed by atoms with Gasteiger partial charge in [0.15, 0.2) is 0 Å². The highest BCUT2D eigenvalue weighted by Crippen LogP contribution is 2.65. The van der Waals surface area contributed by atoms with E-state index in [0.29, 0.717) is 5.41 Å². The van der Waals surface area contributed by atoms with Crippen LogP contribution in [0.3, 0.4) is 0 Å². The van der Waals surface area contributed by atoms with Gasteiger partial charge in [-0.05, 0) is 60.7 Å². The summed E-state index contributed by atoms with van der Waals surface area (Å²) in [7, 11) is 0. The van der Waals surface area contributed by atoms with Crippen LogP contribution in [0.25, 0.3) is 0 Å². The molecule has 0 aromatic rings. The molecular formula is C15H24. The van der Waals surface area contributed by atoms with E-state index in [1.165, 1.54) is 25.7 Å². The van der Waals surface area contributed by atoms with Gasteiger partial charge < -0.3 is 0 Å². The number of hydrogen-bond acceptors (Lipinski definition) is 0. The number of rotatable bonds is 0. The van der Waals surface area contributed by atoms with E-state index in [1.807, 2.05) is 0 Å². The van der Waals surface area contributed by atoms with Gasteiger partial charge in [-0.25, -0.2) is 0 Å². The first-order chi connectivity index (χ1) is 7.01. The van der Waals surface area contributed by atoms with Gasteiger partial charge in [0.25, 0.3) is 0 Å². The summed E-state index contributed by atoms with van der Waals surface area (Å²) in [4.78, 5) is 0. The lowest BCUT2D eigenvalue weighted by Gasteiger charge is -2.34. The molecule has 0 bridgehead atoms. The van der Waals surface area contributed by atoms with Crippen LogP contribution in [0, 0.1) is 35.0 Å². The van der Waals surface area contributed by atoms with E-state index < -0.39 is 0 Å². The number of fused-ring (bicyclic) bond motifs is 3. The maximum atomic E-state index is 4.40. The molecule has 3 fully saturated rings. The Hall–Kier alpha value is -0.260. The van der Waals surface area contributed by atoms with Crippen LogP contribution in [0.5, 0.6) is 0 Å². The fraction of sp³-hybridized carbons (Fsp3) is 0.867. The van der Waals surface area contributed by atoms with Crippen LogP contribution >= 0.6 is 0 Å². The molecule has 3 aliphatic rings. The van der Waals surface area contributed by atoms with Crippen molar-refractivity contribution in [3.63, 3.8) is 0 Å². The van der Waals surface area contributed by atoms with E-state index in [4.69, 9.17) is 0 Å². The fourth-order valence-electron chi connectivity index (χ4n) is 4.61. The molecule has 0 aromatic carbocycles. The average Bonchev–Trinajstić information content (AvgIpc) is 2.87. The van der Waals surface area contributed by atoms with E-state index in [1.54, 1.807) is 5.57 Å². The summed E-state index contributed by atoms with van der Waals surface area (Å²) in [6.07, 6.45) is 5.77. The molecule has 0 spiro atoms. The Morgan fingerprint density at radius 2 is 1.93 bits per heavy atom. The molecule has 0 heteroatoms. The molecule has 3 rings (SSSR count). The Bertz CT molecular complexity index is 299. The molecule has 15 heavy (non-hydrogen) atoms. The number of allylic oxidation sites excluding steroid dienone is 1. The molecule has 3 saturated carbocycles. The van der Waals surface area contributed by atoms with Gasteiger partial charge in [0.05, 0.1) is 0 Å². The topological polar surface area (TPSA) is 0 Å². The van der Waals surface area contributed by atoms with Crippen molar-refractivity contribution in [2.45, 2.75) is 46.5 Å². The molecule has 0 saturated heterocycles. The van der Waals surface area contributed by atoms with Crippen LogP contribution in [0.1, 0.15) is 46.5 Å². The van der Waals surface area contributed by atoms with Crippen molar-refractivity contribution in [2.75, 3.05) is 0 Å². The van der Waals surface area contributed by atoms with Crippen LogP contribution in [-0.2, 0) is 0 Å². The second-order valence-corrected chi connectivity index (χ2v) is 6.96. The van der Waals surface area contributed by atoms with Crippen LogP contribution in [0.2, 0.25) is 0 Å². The molecule has 0 radical (unpaired) electrons. The van der Waals surface area contributed by atoms with Crippen molar-refractivity contribution in [1.82, 2.24) is 0 Å². The largest absolute Gasteiger partial charge is 0.0995 e. The highest BCUT2D eigenvalue weighted by Gasteiger charge is 2.57. The average molecular weight is 204 g/mol. The molecule has 0 nitrogen and oxygen atoms in total. The first-order valence-electron chi connectivity index (χ1n) is 6.69. The molecule has 0 N–H and O–H groups in total. The van der Waals surface area contributed by atoms with E-state index in [2.05, 4.69) is 27.4 Å². The van der Waals surface area contributed by atoms with Gasteiger partial charge in [0, 0.05) is 0 Å². The van der Waals surface area contributed by atoms with Crippen molar-refractivity contribution >= 4 is 0 Å². The highest BCUT2D eigenvalue weighted by atomic mass is 14.6. The Morgan fingerprint density at radius 1 is 1.20 bits per heavy atom. The van der Waals surface area contributed by atoms with Crippen LogP contribution in [0.15, 0.2) is 12.2 Å². The maximum Gasteiger partial charge on any atom is -0.0121 e. The SMILES string of the molecule is C=C1CCC2CC2C2CC(C)C(C)(C)C12. The van der Waals surface area contributed by atoms with Gasteiger partial charge in [-0.15, -0.1) is 0 Å². The van der Waals surface area contributed by atoms with Gasteiger partial charge in [0.1, 0.15) is 0 Å². The lowest BCUT2D eigenvalue weighted by atomic mass is 9.70.